The quantitative estimate of drug-likeness (QED) is 0.856. The molecule has 0 amide bonds. The van der Waals surface area contributed by atoms with Gasteiger partial charge in [0, 0.05) is 24.2 Å². The van der Waals surface area contributed by atoms with Gasteiger partial charge in [-0.3, -0.25) is 4.90 Å². The largest absolute Gasteiger partial charge is 0.465 e. The highest BCUT2D eigenvalue weighted by Crippen LogP contribution is 2.28. The van der Waals surface area contributed by atoms with Crippen LogP contribution in [0, 0.1) is 12.8 Å². The van der Waals surface area contributed by atoms with E-state index < -0.39 is 0 Å². The smallest absolute Gasteiger partial charge is 0.118 e. The van der Waals surface area contributed by atoms with Gasteiger partial charge >= 0.3 is 0 Å². The fourth-order valence-electron chi connectivity index (χ4n) is 3.33. The van der Waals surface area contributed by atoms with Gasteiger partial charge in [-0.1, -0.05) is 33.6 Å². The summed E-state index contributed by atoms with van der Waals surface area (Å²) in [4.78, 5) is 2.48. The number of hydrogen-bond donors (Lipinski definition) is 1. The van der Waals surface area contributed by atoms with E-state index in [9.17, 15) is 0 Å². The van der Waals surface area contributed by atoms with Crippen LogP contribution < -0.4 is 5.32 Å². The van der Waals surface area contributed by atoms with Gasteiger partial charge in [-0.2, -0.15) is 0 Å². The average molecular weight is 292 g/mol. The Morgan fingerprint density at radius 2 is 2.14 bits per heavy atom. The van der Waals surface area contributed by atoms with E-state index in [0.717, 1.165) is 36.6 Å². The molecule has 1 aliphatic rings. The zero-order valence-electron chi connectivity index (χ0n) is 14.4. The van der Waals surface area contributed by atoms with Crippen LogP contribution in [-0.2, 0) is 13.1 Å². The Labute approximate surface area is 130 Å². The lowest BCUT2D eigenvalue weighted by Crippen LogP contribution is -2.34. The summed E-state index contributed by atoms with van der Waals surface area (Å²) in [6, 6.07) is 3.46. The summed E-state index contributed by atoms with van der Waals surface area (Å²) in [5.41, 5.74) is 1.30. The van der Waals surface area contributed by atoms with Gasteiger partial charge in [0.1, 0.15) is 11.5 Å². The molecule has 1 saturated carbocycles. The topological polar surface area (TPSA) is 28.4 Å². The van der Waals surface area contributed by atoms with Crippen molar-refractivity contribution >= 4 is 0 Å². The molecule has 3 nitrogen and oxygen atoms in total. The molecule has 1 aromatic rings. The Bertz CT molecular complexity index is 438. The first-order valence-corrected chi connectivity index (χ1v) is 8.47. The van der Waals surface area contributed by atoms with Crippen molar-refractivity contribution in [3.05, 3.63) is 23.2 Å². The zero-order chi connectivity index (χ0) is 15.4. The average Bonchev–Trinajstić information content (AvgIpc) is 2.76. The van der Waals surface area contributed by atoms with Crippen LogP contribution in [0.4, 0.5) is 0 Å². The number of nitrogens with one attached hydrogen (secondary N) is 1. The molecule has 1 fully saturated rings. The second-order valence-electron chi connectivity index (χ2n) is 7.17. The molecule has 1 aliphatic carbocycles. The van der Waals surface area contributed by atoms with Crippen LogP contribution in [0.5, 0.6) is 0 Å². The SMILES string of the molecule is Cc1oc(CN(C)C2CCCC(C)C2)cc1CNC(C)C. The molecule has 1 heterocycles. The summed E-state index contributed by atoms with van der Waals surface area (Å²) in [6.07, 6.45) is 5.44. The molecule has 0 radical (unpaired) electrons. The monoisotopic (exact) mass is 292 g/mol. The van der Waals surface area contributed by atoms with Crippen molar-refractivity contribution in [3.8, 4) is 0 Å². The summed E-state index contributed by atoms with van der Waals surface area (Å²) in [5.74, 6) is 3.03. The highest BCUT2D eigenvalue weighted by Gasteiger charge is 2.23. The molecular weight excluding hydrogens is 260 g/mol. The lowest BCUT2D eigenvalue weighted by molar-refractivity contribution is 0.148. The Morgan fingerprint density at radius 1 is 1.38 bits per heavy atom. The van der Waals surface area contributed by atoms with Crippen LogP contribution >= 0.6 is 0 Å². The molecule has 21 heavy (non-hydrogen) atoms. The van der Waals surface area contributed by atoms with Crippen molar-refractivity contribution in [2.24, 2.45) is 5.92 Å². The number of aryl methyl sites for hydroxylation is 1. The third-order valence-electron chi connectivity index (χ3n) is 4.71. The van der Waals surface area contributed by atoms with E-state index in [2.05, 4.69) is 51.0 Å². The first kappa shape index (κ1) is 16.6. The van der Waals surface area contributed by atoms with Crippen LogP contribution in [0.15, 0.2) is 10.5 Å². The normalized spacial score (nSPS) is 23.2. The van der Waals surface area contributed by atoms with Gasteiger partial charge in [0.25, 0.3) is 0 Å². The highest BCUT2D eigenvalue weighted by molar-refractivity contribution is 5.20. The van der Waals surface area contributed by atoms with Crippen molar-refractivity contribution < 1.29 is 4.42 Å². The van der Waals surface area contributed by atoms with E-state index in [1.54, 1.807) is 0 Å². The van der Waals surface area contributed by atoms with Gasteiger partial charge in [0.2, 0.25) is 0 Å². The molecule has 1 N–H and O–H groups in total. The molecule has 3 heteroatoms. The summed E-state index contributed by atoms with van der Waals surface area (Å²) >= 11 is 0. The van der Waals surface area contributed by atoms with Crippen LogP contribution in [-0.4, -0.2) is 24.0 Å². The van der Waals surface area contributed by atoms with Crippen LogP contribution in [0.3, 0.4) is 0 Å². The van der Waals surface area contributed by atoms with E-state index in [1.165, 1.54) is 31.2 Å². The fourth-order valence-corrected chi connectivity index (χ4v) is 3.33. The molecule has 0 aromatic carbocycles. The predicted molar refractivity (Wildman–Crippen MR) is 88.3 cm³/mol. The van der Waals surface area contributed by atoms with E-state index in [4.69, 9.17) is 4.42 Å². The molecule has 0 aliphatic heterocycles. The van der Waals surface area contributed by atoms with Gasteiger partial charge in [0.15, 0.2) is 0 Å². The molecule has 2 unspecified atom stereocenters. The summed E-state index contributed by atoms with van der Waals surface area (Å²) in [5, 5.41) is 3.46. The fraction of sp³-hybridized carbons (Fsp3) is 0.778. The number of furan rings is 1. The molecule has 2 rings (SSSR count). The van der Waals surface area contributed by atoms with Gasteiger partial charge in [-0.05, 0) is 38.8 Å². The van der Waals surface area contributed by atoms with E-state index >= 15 is 0 Å². The zero-order valence-corrected chi connectivity index (χ0v) is 14.4. The summed E-state index contributed by atoms with van der Waals surface area (Å²) in [6.45, 7) is 10.6. The Hall–Kier alpha value is -0.800. The molecule has 120 valence electrons. The maximum absolute atomic E-state index is 5.95. The van der Waals surface area contributed by atoms with Crippen molar-refractivity contribution in [2.45, 2.75) is 78.6 Å². The lowest BCUT2D eigenvalue weighted by Gasteiger charge is -2.33. The highest BCUT2D eigenvalue weighted by atomic mass is 16.3. The van der Waals surface area contributed by atoms with E-state index in [-0.39, 0.29) is 0 Å². The van der Waals surface area contributed by atoms with Gasteiger partial charge in [0.05, 0.1) is 6.54 Å². The minimum Gasteiger partial charge on any atom is -0.465 e. The Kier molecular flexibility index (Phi) is 5.88. The van der Waals surface area contributed by atoms with Crippen molar-refractivity contribution in [2.75, 3.05) is 7.05 Å². The standard InChI is InChI=1S/C18H32N2O/c1-13(2)19-11-16-10-18(21-15(16)4)12-20(5)17-8-6-7-14(3)9-17/h10,13-14,17,19H,6-9,11-12H2,1-5H3. The third-order valence-corrected chi connectivity index (χ3v) is 4.71. The van der Waals surface area contributed by atoms with E-state index in [1.807, 2.05) is 0 Å². The summed E-state index contributed by atoms with van der Waals surface area (Å²) in [7, 11) is 2.24. The van der Waals surface area contributed by atoms with Crippen molar-refractivity contribution in [1.82, 2.24) is 10.2 Å². The molecule has 0 spiro atoms. The first-order valence-electron chi connectivity index (χ1n) is 8.47. The van der Waals surface area contributed by atoms with Gasteiger partial charge in [-0.25, -0.2) is 0 Å². The van der Waals surface area contributed by atoms with Crippen molar-refractivity contribution in [3.63, 3.8) is 0 Å². The van der Waals surface area contributed by atoms with Crippen LogP contribution in [0.1, 0.15) is 63.5 Å². The molecular formula is C18H32N2O. The molecule has 0 bridgehead atoms. The second kappa shape index (κ2) is 7.46. The van der Waals surface area contributed by atoms with Gasteiger partial charge < -0.3 is 9.73 Å². The maximum atomic E-state index is 5.95. The van der Waals surface area contributed by atoms with Crippen molar-refractivity contribution in [1.29, 1.82) is 0 Å². The van der Waals surface area contributed by atoms with Crippen LogP contribution in [0.2, 0.25) is 0 Å². The van der Waals surface area contributed by atoms with Gasteiger partial charge in [-0.15, -0.1) is 0 Å². The number of hydrogen-bond acceptors (Lipinski definition) is 3. The summed E-state index contributed by atoms with van der Waals surface area (Å²) < 4.78 is 5.95. The maximum Gasteiger partial charge on any atom is 0.118 e. The lowest BCUT2D eigenvalue weighted by atomic mass is 9.86. The van der Waals surface area contributed by atoms with E-state index in [0.29, 0.717) is 6.04 Å². The minimum atomic E-state index is 0.508. The number of nitrogens with zero attached hydrogens (tertiary/aromatic N) is 1. The number of rotatable bonds is 6. The van der Waals surface area contributed by atoms with Crippen LogP contribution in [0.25, 0.3) is 0 Å². The second-order valence-corrected chi connectivity index (χ2v) is 7.17. The first-order chi connectivity index (χ1) is 9.95. The molecule has 2 atom stereocenters. The third kappa shape index (κ3) is 4.86. The minimum absolute atomic E-state index is 0.508. The molecule has 1 aromatic heterocycles. The Morgan fingerprint density at radius 3 is 2.81 bits per heavy atom. The predicted octanol–water partition coefficient (Wildman–Crippen LogP) is 4.10. The Balaban J connectivity index is 1.91. The molecule has 0 saturated heterocycles.